The molecule has 1 fully saturated rings. The zero-order valence-electron chi connectivity index (χ0n) is 15.7. The van der Waals surface area contributed by atoms with Gasteiger partial charge in [0.25, 0.3) is 0 Å². The predicted molar refractivity (Wildman–Crippen MR) is 102 cm³/mol. The zero-order chi connectivity index (χ0) is 19.5. The van der Waals surface area contributed by atoms with Crippen LogP contribution in [0.25, 0.3) is 0 Å². The molecule has 0 bridgehead atoms. The largest absolute Gasteiger partial charge is 0.491 e. The van der Waals surface area contributed by atoms with Crippen LogP contribution in [-0.2, 0) is 19.7 Å². The molecule has 0 amide bonds. The van der Waals surface area contributed by atoms with Crippen molar-refractivity contribution in [1.29, 1.82) is 0 Å². The Morgan fingerprint density at radius 3 is 2.35 bits per heavy atom. The Balaban J connectivity index is 2.21. The molecule has 1 aromatic rings. The zero-order valence-corrected chi connectivity index (χ0v) is 17.3. The minimum absolute atomic E-state index is 0.0114. The van der Waals surface area contributed by atoms with Gasteiger partial charge < -0.3 is 15.0 Å². The maximum Gasteiger partial charge on any atom is 0.183 e. The third-order valence-corrected chi connectivity index (χ3v) is 8.36. The normalized spacial score (nSPS) is 22.8. The van der Waals surface area contributed by atoms with E-state index in [1.807, 2.05) is 32.8 Å². The van der Waals surface area contributed by atoms with E-state index in [9.17, 15) is 16.8 Å². The molecule has 1 saturated heterocycles. The first-order valence-electron chi connectivity index (χ1n) is 8.60. The lowest BCUT2D eigenvalue weighted by molar-refractivity contribution is 0.242. The number of benzene rings is 1. The smallest absolute Gasteiger partial charge is 0.183 e. The molecule has 1 aliphatic heterocycles. The van der Waals surface area contributed by atoms with Crippen molar-refractivity contribution in [1.82, 2.24) is 10.2 Å². The van der Waals surface area contributed by atoms with Crippen molar-refractivity contribution in [3.63, 3.8) is 0 Å². The number of sulfone groups is 2. The summed E-state index contributed by atoms with van der Waals surface area (Å²) in [5, 5.41) is 2.13. The van der Waals surface area contributed by atoms with E-state index in [1.54, 1.807) is 12.1 Å². The van der Waals surface area contributed by atoms with Crippen LogP contribution in [0.5, 0.6) is 5.75 Å². The average Bonchev–Trinajstić information content (AvgIpc) is 2.82. The first-order chi connectivity index (χ1) is 12.0. The summed E-state index contributed by atoms with van der Waals surface area (Å²) < 4.78 is 55.7. The van der Waals surface area contributed by atoms with Gasteiger partial charge in [0, 0.05) is 19.1 Å². The fraction of sp³-hybridized carbons (Fsp3) is 0.647. The maximum atomic E-state index is 13.0. The monoisotopic (exact) mass is 404 g/mol. The topological polar surface area (TPSA) is 92.8 Å². The van der Waals surface area contributed by atoms with Gasteiger partial charge >= 0.3 is 0 Å². The van der Waals surface area contributed by atoms with E-state index in [2.05, 4.69) is 5.32 Å². The molecular weight excluding hydrogens is 376 g/mol. The van der Waals surface area contributed by atoms with Crippen LogP contribution >= 0.6 is 0 Å². The number of nitrogens with one attached hydrogen (secondary N) is 1. The third kappa shape index (κ3) is 5.42. The Bertz CT molecular complexity index is 802. The van der Waals surface area contributed by atoms with Gasteiger partial charge in [-0.3, -0.25) is 0 Å². The molecule has 1 aliphatic rings. The molecule has 0 saturated carbocycles. The summed E-state index contributed by atoms with van der Waals surface area (Å²) >= 11 is 0. The molecule has 1 N–H and O–H groups in total. The van der Waals surface area contributed by atoms with E-state index in [4.69, 9.17) is 4.74 Å². The minimum atomic E-state index is -3.77. The number of ether oxygens (including phenoxy) is 1. The second-order valence-corrected chi connectivity index (χ2v) is 11.5. The number of rotatable bonds is 8. The van der Waals surface area contributed by atoms with Gasteiger partial charge in [-0.25, -0.2) is 16.8 Å². The summed E-state index contributed by atoms with van der Waals surface area (Å²) in [6, 6.07) is 5.57. The van der Waals surface area contributed by atoms with Crippen molar-refractivity contribution in [3.8, 4) is 5.75 Å². The molecule has 0 unspecified atom stereocenters. The Kier molecular flexibility index (Phi) is 6.70. The van der Waals surface area contributed by atoms with Crippen LogP contribution in [0.1, 0.15) is 13.8 Å². The third-order valence-electron chi connectivity index (χ3n) is 4.19. The van der Waals surface area contributed by atoms with Crippen LogP contribution in [0.15, 0.2) is 29.2 Å². The summed E-state index contributed by atoms with van der Waals surface area (Å²) in [4.78, 5) is 2.07. The van der Waals surface area contributed by atoms with Crippen LogP contribution in [-0.4, -0.2) is 77.8 Å². The fourth-order valence-electron chi connectivity index (χ4n) is 2.94. The number of likely N-dealkylation sites (N-methyl/N-ethyl adjacent to an activating group) is 1. The van der Waals surface area contributed by atoms with Gasteiger partial charge in [0.05, 0.1) is 27.8 Å². The molecule has 0 aliphatic carbocycles. The van der Waals surface area contributed by atoms with Gasteiger partial charge in [-0.15, -0.1) is 0 Å². The predicted octanol–water partition coefficient (Wildman–Crippen LogP) is 0.564. The summed E-state index contributed by atoms with van der Waals surface area (Å²) in [5.41, 5.74) is 0. The molecule has 0 radical (unpaired) electrons. The average molecular weight is 405 g/mol. The number of hydrogen-bond acceptors (Lipinski definition) is 7. The van der Waals surface area contributed by atoms with Crippen molar-refractivity contribution in [3.05, 3.63) is 24.3 Å². The molecular formula is C17H28N2O5S2. The van der Waals surface area contributed by atoms with E-state index >= 15 is 0 Å². The van der Waals surface area contributed by atoms with Crippen LogP contribution < -0.4 is 10.1 Å². The quantitative estimate of drug-likeness (QED) is 0.677. The van der Waals surface area contributed by atoms with Gasteiger partial charge in [-0.2, -0.15) is 0 Å². The highest BCUT2D eigenvalue weighted by atomic mass is 32.2. The van der Waals surface area contributed by atoms with Crippen LogP contribution in [0.3, 0.4) is 0 Å². The first-order valence-corrected chi connectivity index (χ1v) is 12.0. The molecule has 26 heavy (non-hydrogen) atoms. The molecule has 9 heteroatoms. The van der Waals surface area contributed by atoms with E-state index in [1.165, 1.54) is 12.1 Å². The van der Waals surface area contributed by atoms with E-state index in [0.717, 1.165) is 0 Å². The second kappa shape index (κ2) is 8.24. The van der Waals surface area contributed by atoms with Crippen molar-refractivity contribution in [2.75, 3.05) is 38.7 Å². The number of nitrogens with zero attached hydrogens (tertiary/aromatic N) is 1. The van der Waals surface area contributed by atoms with Crippen LogP contribution in [0.4, 0.5) is 0 Å². The van der Waals surface area contributed by atoms with Gasteiger partial charge in [-0.05, 0) is 52.2 Å². The minimum Gasteiger partial charge on any atom is -0.491 e. The lowest BCUT2D eigenvalue weighted by atomic mass is 10.2. The SMILES string of the molecule is CC(C)Oc1ccc(S(=O)(=O)[C@H]2CS(=O)(=O)C[C@@H]2NCCN(C)C)cc1. The molecule has 1 heterocycles. The Morgan fingerprint density at radius 1 is 1.19 bits per heavy atom. The Morgan fingerprint density at radius 2 is 1.81 bits per heavy atom. The van der Waals surface area contributed by atoms with Crippen molar-refractivity contribution in [2.45, 2.75) is 36.1 Å². The molecule has 1 aromatic carbocycles. The second-order valence-electron chi connectivity index (χ2n) is 7.16. The Hall–Kier alpha value is -1.16. The summed E-state index contributed by atoms with van der Waals surface area (Å²) in [6.07, 6.45) is -0.0114. The highest BCUT2D eigenvalue weighted by Gasteiger charge is 2.45. The van der Waals surface area contributed by atoms with Gasteiger partial charge in [0.15, 0.2) is 19.7 Å². The standard InChI is InChI=1S/C17H28N2O5S2/c1-13(2)24-14-5-7-15(8-6-14)26(22,23)17-12-25(20,21)11-16(17)18-9-10-19(3)4/h5-8,13,16-18H,9-12H2,1-4H3/t16-,17-/m0/s1. The number of hydrogen-bond donors (Lipinski definition) is 1. The van der Waals surface area contributed by atoms with Gasteiger partial charge in [0.2, 0.25) is 0 Å². The molecule has 0 aromatic heterocycles. The molecule has 7 nitrogen and oxygen atoms in total. The fourth-order valence-corrected chi connectivity index (χ4v) is 7.66. The molecule has 2 atom stereocenters. The van der Waals surface area contributed by atoms with Gasteiger partial charge in [-0.1, -0.05) is 0 Å². The molecule has 148 valence electrons. The van der Waals surface area contributed by atoms with Crippen LogP contribution in [0, 0.1) is 0 Å². The summed E-state index contributed by atoms with van der Waals surface area (Å²) in [7, 11) is -3.35. The highest BCUT2D eigenvalue weighted by Crippen LogP contribution is 2.27. The van der Waals surface area contributed by atoms with E-state index in [-0.39, 0.29) is 22.5 Å². The summed E-state index contributed by atoms with van der Waals surface area (Å²) in [6.45, 7) is 5.00. The van der Waals surface area contributed by atoms with Crippen molar-refractivity contribution >= 4 is 19.7 Å². The van der Waals surface area contributed by atoms with Crippen molar-refractivity contribution < 1.29 is 21.6 Å². The van der Waals surface area contributed by atoms with E-state index in [0.29, 0.717) is 18.8 Å². The van der Waals surface area contributed by atoms with Gasteiger partial charge in [0.1, 0.15) is 5.75 Å². The van der Waals surface area contributed by atoms with Crippen LogP contribution in [0.2, 0.25) is 0 Å². The highest BCUT2D eigenvalue weighted by molar-refractivity contribution is 7.96. The molecule has 0 spiro atoms. The van der Waals surface area contributed by atoms with Crippen molar-refractivity contribution in [2.24, 2.45) is 0 Å². The first kappa shape index (κ1) is 21.1. The lowest BCUT2D eigenvalue weighted by Gasteiger charge is -2.21. The lowest BCUT2D eigenvalue weighted by Crippen LogP contribution is -2.45. The maximum absolute atomic E-state index is 13.0. The molecule has 2 rings (SSSR count). The Labute approximate surface area is 156 Å². The van der Waals surface area contributed by atoms with E-state index < -0.39 is 31.0 Å². The summed E-state index contributed by atoms with van der Waals surface area (Å²) in [5.74, 6) is 0.0802.